The van der Waals surface area contributed by atoms with Crippen molar-refractivity contribution in [1.29, 1.82) is 0 Å². The molecule has 0 N–H and O–H groups in total. The van der Waals surface area contributed by atoms with E-state index in [1.54, 1.807) is 6.92 Å². The van der Waals surface area contributed by atoms with Gasteiger partial charge in [0, 0.05) is 25.4 Å². The molecular formula is C21H23NO2. The Labute approximate surface area is 143 Å². The van der Waals surface area contributed by atoms with E-state index in [1.807, 2.05) is 85.7 Å². The van der Waals surface area contributed by atoms with Crippen LogP contribution in [0.5, 0.6) is 0 Å². The van der Waals surface area contributed by atoms with Crippen molar-refractivity contribution >= 4 is 17.7 Å². The van der Waals surface area contributed by atoms with Gasteiger partial charge in [-0.05, 0) is 36.3 Å². The van der Waals surface area contributed by atoms with Gasteiger partial charge < -0.3 is 9.64 Å². The third-order valence-corrected chi connectivity index (χ3v) is 3.58. The highest BCUT2D eigenvalue weighted by Crippen LogP contribution is 2.24. The summed E-state index contributed by atoms with van der Waals surface area (Å²) in [7, 11) is 3.98. The number of carbonyl (C=O) groups excluding carboxylic acids is 1. The van der Waals surface area contributed by atoms with Crippen LogP contribution in [0.1, 0.15) is 24.2 Å². The fourth-order valence-electron chi connectivity index (χ4n) is 2.16. The molecule has 0 saturated carbocycles. The summed E-state index contributed by atoms with van der Waals surface area (Å²) in [4.78, 5) is 14.0. The van der Waals surface area contributed by atoms with Crippen molar-refractivity contribution in [3.05, 3.63) is 84.0 Å². The fourth-order valence-corrected chi connectivity index (χ4v) is 2.16. The molecule has 0 radical (unpaired) electrons. The zero-order valence-corrected chi connectivity index (χ0v) is 14.4. The average Bonchev–Trinajstić information content (AvgIpc) is 2.59. The fraction of sp³-hybridized carbons (Fsp3) is 0.190. The summed E-state index contributed by atoms with van der Waals surface area (Å²) < 4.78 is 5.58. The quantitative estimate of drug-likeness (QED) is 0.574. The minimum atomic E-state index is -0.453. The molecule has 2 rings (SSSR count). The molecule has 1 unspecified atom stereocenters. The molecule has 0 saturated heterocycles. The molecular weight excluding hydrogens is 298 g/mol. The molecule has 0 bridgehead atoms. The first kappa shape index (κ1) is 17.5. The second-order valence-corrected chi connectivity index (χ2v) is 5.86. The Hall–Kier alpha value is -2.81. The number of anilines is 1. The van der Waals surface area contributed by atoms with E-state index in [4.69, 9.17) is 4.74 Å². The second kappa shape index (κ2) is 8.16. The van der Waals surface area contributed by atoms with Crippen LogP contribution in [0.3, 0.4) is 0 Å². The van der Waals surface area contributed by atoms with Gasteiger partial charge in [-0.3, -0.25) is 0 Å². The van der Waals surface area contributed by atoms with Crippen LogP contribution in [0.25, 0.3) is 6.08 Å². The maximum atomic E-state index is 11.9. The molecule has 0 aliphatic rings. The van der Waals surface area contributed by atoms with Crippen LogP contribution in [0.15, 0.2) is 72.8 Å². The van der Waals surface area contributed by atoms with Gasteiger partial charge in [0.2, 0.25) is 0 Å². The van der Waals surface area contributed by atoms with Gasteiger partial charge >= 0.3 is 5.97 Å². The molecule has 124 valence electrons. The molecule has 0 aliphatic heterocycles. The topological polar surface area (TPSA) is 29.5 Å². The molecule has 0 aromatic heterocycles. The molecule has 2 aromatic rings. The van der Waals surface area contributed by atoms with E-state index >= 15 is 0 Å². The van der Waals surface area contributed by atoms with Crippen molar-refractivity contribution in [3.8, 4) is 0 Å². The normalized spacial score (nSPS) is 12.0. The van der Waals surface area contributed by atoms with Gasteiger partial charge in [-0.25, -0.2) is 4.79 Å². The summed E-state index contributed by atoms with van der Waals surface area (Å²) in [5.74, 6) is -0.394. The van der Waals surface area contributed by atoms with Crippen molar-refractivity contribution in [2.45, 2.75) is 13.0 Å². The van der Waals surface area contributed by atoms with E-state index in [0.717, 1.165) is 16.8 Å². The Bertz CT molecular complexity index is 715. The molecule has 3 heteroatoms. The van der Waals surface area contributed by atoms with Crippen LogP contribution in [-0.4, -0.2) is 20.1 Å². The Kier molecular flexibility index (Phi) is 5.96. The summed E-state index contributed by atoms with van der Waals surface area (Å²) in [6.45, 7) is 5.30. The van der Waals surface area contributed by atoms with E-state index in [-0.39, 0.29) is 0 Å². The van der Waals surface area contributed by atoms with Gasteiger partial charge in [0.1, 0.15) is 6.10 Å². The van der Waals surface area contributed by atoms with Crippen molar-refractivity contribution in [1.82, 2.24) is 0 Å². The molecule has 24 heavy (non-hydrogen) atoms. The smallest absolute Gasteiger partial charge is 0.334 e. The molecule has 0 heterocycles. The van der Waals surface area contributed by atoms with Crippen LogP contribution in [0, 0.1) is 0 Å². The number of ether oxygens (including phenoxy) is 1. The average molecular weight is 321 g/mol. The maximum absolute atomic E-state index is 11.9. The molecule has 0 fully saturated rings. The lowest BCUT2D eigenvalue weighted by Crippen LogP contribution is -2.11. The van der Waals surface area contributed by atoms with E-state index in [2.05, 4.69) is 6.58 Å². The van der Waals surface area contributed by atoms with Gasteiger partial charge in [0.15, 0.2) is 0 Å². The maximum Gasteiger partial charge on any atom is 0.334 e. The Morgan fingerprint density at radius 3 is 2.25 bits per heavy atom. The second-order valence-electron chi connectivity index (χ2n) is 5.86. The number of carbonyl (C=O) groups is 1. The van der Waals surface area contributed by atoms with Crippen molar-refractivity contribution in [3.63, 3.8) is 0 Å². The number of benzene rings is 2. The first-order valence-corrected chi connectivity index (χ1v) is 7.84. The van der Waals surface area contributed by atoms with Crippen LogP contribution in [-0.2, 0) is 9.53 Å². The van der Waals surface area contributed by atoms with Gasteiger partial charge in [0.05, 0.1) is 0 Å². The number of esters is 1. The van der Waals surface area contributed by atoms with Crippen LogP contribution in [0.2, 0.25) is 0 Å². The number of nitrogens with zero attached hydrogens (tertiary/aromatic N) is 1. The standard InChI is InChI=1S/C21H23NO2/c1-16(2)21(23)24-20(15-10-17-8-6-5-7-9-17)18-11-13-19(14-12-18)22(3)4/h5-15,20H,1H2,2-4H3/b15-10+. The number of rotatable bonds is 6. The van der Waals surface area contributed by atoms with Crippen molar-refractivity contribution in [2.75, 3.05) is 19.0 Å². The molecule has 1 atom stereocenters. The minimum Gasteiger partial charge on any atom is -0.450 e. The van der Waals surface area contributed by atoms with E-state index < -0.39 is 12.1 Å². The third-order valence-electron chi connectivity index (χ3n) is 3.58. The molecule has 3 nitrogen and oxygen atoms in total. The predicted octanol–water partition coefficient (Wildman–Crippen LogP) is 4.63. The van der Waals surface area contributed by atoms with Crippen LogP contribution >= 0.6 is 0 Å². The highest BCUT2D eigenvalue weighted by molar-refractivity contribution is 5.87. The number of hydrogen-bond donors (Lipinski definition) is 0. The van der Waals surface area contributed by atoms with Gasteiger partial charge in [-0.1, -0.05) is 55.1 Å². The summed E-state index contributed by atoms with van der Waals surface area (Å²) >= 11 is 0. The molecule has 2 aromatic carbocycles. The largest absolute Gasteiger partial charge is 0.450 e. The first-order valence-electron chi connectivity index (χ1n) is 7.84. The summed E-state index contributed by atoms with van der Waals surface area (Å²) in [5, 5.41) is 0. The van der Waals surface area contributed by atoms with E-state index in [9.17, 15) is 4.79 Å². The first-order chi connectivity index (χ1) is 11.5. The highest BCUT2D eigenvalue weighted by Gasteiger charge is 2.14. The molecule has 0 aliphatic carbocycles. The number of hydrogen-bond acceptors (Lipinski definition) is 3. The van der Waals surface area contributed by atoms with Gasteiger partial charge in [0.25, 0.3) is 0 Å². The van der Waals surface area contributed by atoms with Crippen LogP contribution < -0.4 is 4.90 Å². The third kappa shape index (κ3) is 4.85. The zero-order valence-electron chi connectivity index (χ0n) is 14.4. The minimum absolute atomic E-state index is 0.387. The SMILES string of the molecule is C=C(C)C(=O)OC(/C=C/c1ccccc1)c1ccc(N(C)C)cc1. The Morgan fingerprint density at radius 1 is 1.08 bits per heavy atom. The zero-order chi connectivity index (χ0) is 17.5. The lowest BCUT2D eigenvalue weighted by atomic mass is 10.1. The Morgan fingerprint density at radius 2 is 1.71 bits per heavy atom. The summed E-state index contributed by atoms with van der Waals surface area (Å²) in [6.07, 6.45) is 3.39. The predicted molar refractivity (Wildman–Crippen MR) is 99.9 cm³/mol. The van der Waals surface area contributed by atoms with Gasteiger partial charge in [-0.15, -0.1) is 0 Å². The van der Waals surface area contributed by atoms with Crippen molar-refractivity contribution in [2.24, 2.45) is 0 Å². The monoisotopic (exact) mass is 321 g/mol. The highest BCUT2D eigenvalue weighted by atomic mass is 16.5. The molecule has 0 spiro atoms. The summed E-state index contributed by atoms with van der Waals surface area (Å²) in [6, 6.07) is 17.9. The van der Waals surface area contributed by atoms with Crippen LogP contribution in [0.4, 0.5) is 5.69 Å². The van der Waals surface area contributed by atoms with E-state index in [0.29, 0.717) is 5.57 Å². The van der Waals surface area contributed by atoms with Crippen molar-refractivity contribution < 1.29 is 9.53 Å². The molecule has 0 amide bonds. The summed E-state index contributed by atoms with van der Waals surface area (Å²) in [5.41, 5.74) is 3.45. The van der Waals surface area contributed by atoms with Gasteiger partial charge in [-0.2, -0.15) is 0 Å². The lowest BCUT2D eigenvalue weighted by Gasteiger charge is -2.17. The Balaban J connectivity index is 2.26. The lowest BCUT2D eigenvalue weighted by molar-refractivity contribution is -0.142. The van der Waals surface area contributed by atoms with E-state index in [1.165, 1.54) is 0 Å².